The summed E-state index contributed by atoms with van der Waals surface area (Å²) in [6.07, 6.45) is 31.5. The first-order valence-corrected chi connectivity index (χ1v) is 41.6. The lowest BCUT2D eigenvalue weighted by molar-refractivity contribution is -0.145. The number of nitrogens with zero attached hydrogens (tertiary/aromatic N) is 3. The molecule has 0 aromatic carbocycles. The zero-order valence-electron chi connectivity index (χ0n) is 51.6. The summed E-state index contributed by atoms with van der Waals surface area (Å²) in [5, 5.41) is 2.94. The SMILES string of the molecule is CCCCCCCCSSCCOC(=O)CCN(CCC(=O)OCCSSCCCCCCCC)CCN(CCNC(C)=O)CCN(CCC(=O)OCCSSCCCCCCCC)CCC(=O)OCCSSCCCCCCCC. The summed E-state index contributed by atoms with van der Waals surface area (Å²) in [4.78, 5) is 70.7. The van der Waals surface area contributed by atoms with Crippen LogP contribution in [-0.4, -0.2) is 182 Å². The lowest BCUT2D eigenvalue weighted by atomic mass is 10.1. The maximum Gasteiger partial charge on any atom is 0.307 e. The quantitative estimate of drug-likeness (QED) is 0.0267. The lowest BCUT2D eigenvalue weighted by Gasteiger charge is -2.30. The molecule has 1 amide bonds. The van der Waals surface area contributed by atoms with Crippen molar-refractivity contribution in [2.24, 2.45) is 0 Å². The van der Waals surface area contributed by atoms with Crippen molar-refractivity contribution in [2.75, 3.05) is 138 Å². The fraction of sp³-hybridized carbons (Fsp3) is 0.917. The molecule has 0 saturated heterocycles. The minimum Gasteiger partial charge on any atom is -0.465 e. The first-order valence-electron chi connectivity index (χ1n) is 31.7. The van der Waals surface area contributed by atoms with Gasteiger partial charge in [-0.3, -0.25) is 28.9 Å². The number of amides is 1. The molecule has 0 aliphatic carbocycles. The normalized spacial score (nSPS) is 11.5. The Labute approximate surface area is 527 Å². The second-order valence-corrected chi connectivity index (χ2v) is 31.3. The zero-order chi connectivity index (χ0) is 59.2. The predicted octanol–water partition coefficient (Wildman–Crippen LogP) is 15.7. The fourth-order valence-corrected chi connectivity index (χ4v) is 16.1. The molecule has 478 valence electrons. The van der Waals surface area contributed by atoms with Crippen molar-refractivity contribution >= 4 is 116 Å². The molecule has 0 aromatic heterocycles. The van der Waals surface area contributed by atoms with Crippen molar-refractivity contribution in [1.29, 1.82) is 0 Å². The van der Waals surface area contributed by atoms with Gasteiger partial charge in [0, 0.05) is 118 Å². The molecule has 0 heterocycles. The number of rotatable bonds is 65. The Hall–Kier alpha value is 0.0300. The number of carbonyl (C=O) groups is 5. The molecule has 0 radical (unpaired) electrons. The van der Waals surface area contributed by atoms with Gasteiger partial charge >= 0.3 is 23.9 Å². The Bertz CT molecular complexity index is 1260. The summed E-state index contributed by atoms with van der Waals surface area (Å²) in [5.41, 5.74) is 0. The molecule has 0 bridgehead atoms. The van der Waals surface area contributed by atoms with E-state index >= 15 is 0 Å². The molecule has 81 heavy (non-hydrogen) atoms. The van der Waals surface area contributed by atoms with Gasteiger partial charge in [0.1, 0.15) is 26.4 Å². The Morgan fingerprint density at radius 1 is 0.296 bits per heavy atom. The predicted molar refractivity (Wildman–Crippen MR) is 363 cm³/mol. The molecule has 21 heteroatoms. The van der Waals surface area contributed by atoms with E-state index in [0.717, 1.165) is 46.0 Å². The van der Waals surface area contributed by atoms with Crippen LogP contribution in [0, 0.1) is 0 Å². The van der Waals surface area contributed by atoms with Crippen molar-refractivity contribution in [3.8, 4) is 0 Å². The van der Waals surface area contributed by atoms with Gasteiger partial charge in [-0.15, -0.1) is 0 Å². The van der Waals surface area contributed by atoms with Crippen LogP contribution in [0.2, 0.25) is 0 Å². The Kier molecular flexibility index (Phi) is 66.0. The van der Waals surface area contributed by atoms with Crippen LogP contribution in [0.25, 0.3) is 0 Å². The van der Waals surface area contributed by atoms with Gasteiger partial charge in [0.15, 0.2) is 0 Å². The fourth-order valence-electron chi connectivity index (χ4n) is 8.24. The van der Waals surface area contributed by atoms with E-state index in [4.69, 9.17) is 18.9 Å². The van der Waals surface area contributed by atoms with Crippen molar-refractivity contribution in [3.05, 3.63) is 0 Å². The number of ether oxygens (including phenoxy) is 4. The molecule has 0 atom stereocenters. The molecule has 0 aliphatic heterocycles. The van der Waals surface area contributed by atoms with E-state index in [2.05, 4.69) is 47.7 Å². The van der Waals surface area contributed by atoms with Crippen LogP contribution in [0.1, 0.15) is 214 Å². The van der Waals surface area contributed by atoms with E-state index < -0.39 is 0 Å². The summed E-state index contributed by atoms with van der Waals surface area (Å²) in [5.74, 6) is 6.30. The number of carbonyl (C=O) groups excluding carboxylic acids is 5. The molecule has 0 unspecified atom stereocenters. The summed E-state index contributed by atoms with van der Waals surface area (Å²) < 4.78 is 22.6. The molecule has 0 spiro atoms. The van der Waals surface area contributed by atoms with E-state index in [9.17, 15) is 24.0 Å². The van der Waals surface area contributed by atoms with E-state index in [1.165, 1.54) is 161 Å². The number of esters is 4. The van der Waals surface area contributed by atoms with E-state index in [1.807, 2.05) is 43.2 Å². The highest BCUT2D eigenvalue weighted by atomic mass is 33.1. The van der Waals surface area contributed by atoms with Gasteiger partial charge in [0.2, 0.25) is 5.91 Å². The average molecular weight is 1290 g/mol. The lowest BCUT2D eigenvalue weighted by Crippen LogP contribution is -2.44. The molecule has 0 rings (SSSR count). The van der Waals surface area contributed by atoms with E-state index in [1.54, 1.807) is 43.2 Å². The van der Waals surface area contributed by atoms with Crippen LogP contribution in [-0.2, 0) is 42.9 Å². The third-order valence-electron chi connectivity index (χ3n) is 13.2. The van der Waals surface area contributed by atoms with Crippen molar-refractivity contribution in [2.45, 2.75) is 214 Å². The van der Waals surface area contributed by atoms with Crippen molar-refractivity contribution in [3.63, 3.8) is 0 Å². The third-order valence-corrected chi connectivity index (χ3v) is 23.0. The third kappa shape index (κ3) is 62.9. The van der Waals surface area contributed by atoms with Crippen LogP contribution < -0.4 is 5.32 Å². The van der Waals surface area contributed by atoms with Crippen LogP contribution in [0.3, 0.4) is 0 Å². The molecular formula is C60H116N4O9S8. The molecular weight excluding hydrogens is 1180 g/mol. The van der Waals surface area contributed by atoms with Crippen LogP contribution in [0.5, 0.6) is 0 Å². The number of hydrogen-bond donors (Lipinski definition) is 1. The Morgan fingerprint density at radius 3 is 0.765 bits per heavy atom. The summed E-state index contributed by atoms with van der Waals surface area (Å²) >= 11 is 0. The van der Waals surface area contributed by atoms with Crippen LogP contribution >= 0.6 is 86.4 Å². The standard InChI is InChI=1S/C60H116N4O9S8/c1-6-10-14-18-22-26-48-74-78-52-44-70-57(66)30-35-62(36-31-58(67)71-45-53-79-75-49-27-23-19-15-11-7-2)40-42-64(39-34-61-56(5)65)43-41-63(37-32-59(68)72-46-54-80-76-50-28-24-20-16-12-8-3)38-33-60(69)73-47-55-81-77-51-29-25-21-17-13-9-4/h6-55H2,1-5H3,(H,61,65). The molecule has 13 nitrogen and oxygen atoms in total. The first-order chi connectivity index (χ1) is 39.6. The largest absolute Gasteiger partial charge is 0.465 e. The second kappa shape index (κ2) is 66.0. The number of nitrogens with one attached hydrogen (secondary N) is 1. The molecule has 0 saturated carbocycles. The molecule has 0 fully saturated rings. The van der Waals surface area contributed by atoms with Gasteiger partial charge in [-0.1, -0.05) is 242 Å². The van der Waals surface area contributed by atoms with E-state index in [0.29, 0.717) is 91.9 Å². The van der Waals surface area contributed by atoms with Crippen LogP contribution in [0.15, 0.2) is 0 Å². The van der Waals surface area contributed by atoms with Gasteiger partial charge in [-0.05, 0) is 25.7 Å². The smallest absolute Gasteiger partial charge is 0.307 e. The highest BCUT2D eigenvalue weighted by Gasteiger charge is 2.18. The minimum absolute atomic E-state index is 0.110. The summed E-state index contributed by atoms with van der Waals surface area (Å²) in [6, 6.07) is 0. The van der Waals surface area contributed by atoms with Gasteiger partial charge in [-0.25, -0.2) is 0 Å². The topological polar surface area (TPSA) is 144 Å². The first kappa shape index (κ1) is 81.0. The molecule has 1 N–H and O–H groups in total. The van der Waals surface area contributed by atoms with Gasteiger partial charge in [0.05, 0.1) is 25.7 Å². The highest BCUT2D eigenvalue weighted by molar-refractivity contribution is 8.77. The van der Waals surface area contributed by atoms with Crippen LogP contribution in [0.4, 0.5) is 0 Å². The molecule has 0 aliphatic rings. The number of unbranched alkanes of at least 4 members (excludes halogenated alkanes) is 20. The average Bonchev–Trinajstić information content (AvgIpc) is 3.45. The Balaban J connectivity index is 5.62. The zero-order valence-corrected chi connectivity index (χ0v) is 58.2. The molecule has 0 aromatic rings. The van der Waals surface area contributed by atoms with E-state index in [-0.39, 0.29) is 55.5 Å². The van der Waals surface area contributed by atoms with Crippen molar-refractivity contribution < 1.29 is 42.9 Å². The van der Waals surface area contributed by atoms with Gasteiger partial charge in [-0.2, -0.15) is 0 Å². The maximum atomic E-state index is 13.0. The summed E-state index contributed by atoms with van der Waals surface area (Å²) in [7, 11) is 14.4. The number of hydrogen-bond acceptors (Lipinski definition) is 20. The monoisotopic (exact) mass is 1290 g/mol. The van der Waals surface area contributed by atoms with Gasteiger partial charge < -0.3 is 34.1 Å². The maximum absolute atomic E-state index is 13.0. The Morgan fingerprint density at radius 2 is 0.519 bits per heavy atom. The minimum atomic E-state index is -0.253. The van der Waals surface area contributed by atoms with Gasteiger partial charge in [0.25, 0.3) is 0 Å². The second-order valence-electron chi connectivity index (χ2n) is 20.5. The van der Waals surface area contributed by atoms with Crippen molar-refractivity contribution in [1.82, 2.24) is 20.0 Å². The highest BCUT2D eigenvalue weighted by Crippen LogP contribution is 2.26. The summed E-state index contributed by atoms with van der Waals surface area (Å²) in [6.45, 7) is 17.0.